The molecule has 14 nitrogen and oxygen atoms in total. The number of carbonyl (C=O) groups excluding carboxylic acids is 1. The van der Waals surface area contributed by atoms with Gasteiger partial charge in [-0.3, -0.25) is 4.79 Å². The summed E-state index contributed by atoms with van der Waals surface area (Å²) in [5, 5.41) is 87.5. The number of hydrogen-bond donors (Lipinski definition) is 9. The third kappa shape index (κ3) is 44.0. The molecule has 1 amide bonds. The van der Waals surface area contributed by atoms with Crippen LogP contribution in [0.1, 0.15) is 348 Å². The Kier molecular flexibility index (Phi) is 57.0. The van der Waals surface area contributed by atoms with E-state index in [2.05, 4.69) is 43.5 Å². The van der Waals surface area contributed by atoms with Crippen molar-refractivity contribution in [3.8, 4) is 0 Å². The molecule has 0 aromatic carbocycles. The highest BCUT2D eigenvalue weighted by Crippen LogP contribution is 2.30. The highest BCUT2D eigenvalue weighted by atomic mass is 16.7. The van der Waals surface area contributed by atoms with E-state index in [-0.39, 0.29) is 18.9 Å². The predicted molar refractivity (Wildman–Crippen MR) is 369 cm³/mol. The van der Waals surface area contributed by atoms with Crippen molar-refractivity contribution in [1.82, 2.24) is 5.32 Å². The summed E-state index contributed by atoms with van der Waals surface area (Å²) in [5.41, 5.74) is 0. The molecule has 530 valence electrons. The molecule has 0 radical (unpaired) electrons. The number of aliphatic hydroxyl groups excluding tert-OH is 8. The van der Waals surface area contributed by atoms with E-state index in [0.29, 0.717) is 12.8 Å². The maximum Gasteiger partial charge on any atom is 0.220 e. The van der Waals surface area contributed by atoms with E-state index in [4.69, 9.17) is 18.9 Å². The minimum atomic E-state index is -1.79. The molecule has 14 heteroatoms. The van der Waals surface area contributed by atoms with Crippen molar-refractivity contribution in [2.45, 2.75) is 421 Å². The summed E-state index contributed by atoms with van der Waals surface area (Å²) in [5.74, 6) is -0.245. The van der Waals surface area contributed by atoms with Crippen LogP contribution in [0.15, 0.2) is 36.5 Å². The summed E-state index contributed by atoms with van der Waals surface area (Å²) in [4.78, 5) is 13.3. The van der Waals surface area contributed by atoms with Crippen LogP contribution in [0.25, 0.3) is 0 Å². The first kappa shape index (κ1) is 84.3. The molecule has 12 atom stereocenters. The summed E-state index contributed by atoms with van der Waals surface area (Å²) >= 11 is 0. The number of carbonyl (C=O) groups is 1. The van der Waals surface area contributed by atoms with Gasteiger partial charge in [-0.25, -0.2) is 0 Å². The Morgan fingerprint density at radius 2 is 0.711 bits per heavy atom. The van der Waals surface area contributed by atoms with Gasteiger partial charge in [-0.15, -0.1) is 0 Å². The molecule has 0 aromatic rings. The fourth-order valence-electron chi connectivity index (χ4n) is 12.7. The maximum absolute atomic E-state index is 13.3. The van der Waals surface area contributed by atoms with Gasteiger partial charge in [0.05, 0.1) is 32.0 Å². The van der Waals surface area contributed by atoms with Crippen LogP contribution in [0.4, 0.5) is 0 Å². The molecule has 12 unspecified atom stereocenters. The van der Waals surface area contributed by atoms with Gasteiger partial charge in [0.2, 0.25) is 5.91 Å². The lowest BCUT2D eigenvalue weighted by atomic mass is 9.97. The first-order valence-electron chi connectivity index (χ1n) is 38.2. The van der Waals surface area contributed by atoms with Crippen LogP contribution in [-0.4, -0.2) is 140 Å². The van der Waals surface area contributed by atoms with Crippen molar-refractivity contribution in [3.05, 3.63) is 36.5 Å². The van der Waals surface area contributed by atoms with Gasteiger partial charge in [0.15, 0.2) is 12.6 Å². The van der Waals surface area contributed by atoms with Gasteiger partial charge in [-0.1, -0.05) is 320 Å². The SMILES string of the molecule is CCCCCCCCCC/C=C\CCCCCCCCCCCCCC(=O)NC(COC1OC(CO)C(OC2OC(CO)C(O)C(O)C2O)C(O)C1O)C(O)/C=C/CC/C=C/CCCCCCCCCCCCCCCCCCCCCCCCCCCCC. The molecular weight excluding hydrogens is 1130 g/mol. The number of rotatable bonds is 64. The summed E-state index contributed by atoms with van der Waals surface area (Å²) in [6.07, 6.45) is 62.3. The number of unbranched alkanes of at least 4 members (excludes halogenated alkanes) is 47. The smallest absolute Gasteiger partial charge is 0.220 e. The predicted octanol–water partition coefficient (Wildman–Crippen LogP) is 16.5. The average Bonchev–Trinajstić information content (AvgIpc) is 1.28. The molecule has 90 heavy (non-hydrogen) atoms. The maximum atomic E-state index is 13.3. The summed E-state index contributed by atoms with van der Waals surface area (Å²) in [7, 11) is 0. The molecular formula is C76H143NO13. The second kappa shape index (κ2) is 60.8. The normalized spacial score (nSPS) is 23.0. The first-order chi connectivity index (χ1) is 44.1. The number of nitrogens with one attached hydrogen (secondary N) is 1. The van der Waals surface area contributed by atoms with E-state index in [1.54, 1.807) is 6.08 Å². The molecule has 2 aliphatic rings. The minimum Gasteiger partial charge on any atom is -0.394 e. The fourth-order valence-corrected chi connectivity index (χ4v) is 12.7. The quantitative estimate of drug-likeness (QED) is 0.0204. The van der Waals surface area contributed by atoms with Crippen LogP contribution in [-0.2, 0) is 23.7 Å². The zero-order chi connectivity index (χ0) is 65.2. The monoisotopic (exact) mass is 1280 g/mol. The lowest BCUT2D eigenvalue weighted by Gasteiger charge is -2.46. The standard InChI is InChI=1S/C76H143NO13/c1-3-5-7-9-11-13-15-17-19-21-23-25-27-28-29-30-31-32-33-34-35-36-38-39-41-43-45-47-49-51-53-55-57-59-65(80)64(63-87-75-73(86)71(84)74(67(62-79)89-75)90-76-72(85)70(83)69(82)66(61-78)88-76)77-68(81)60-58-56-54-52-50-48-46-44-42-40-37-26-24-22-20-18-16-14-12-10-8-6-4-2/h22,24,49,51,57,59,64-67,69-76,78-80,82-86H,3-21,23,25-48,50,52-56,58,60-63H2,1-2H3,(H,77,81)/b24-22-,51-49+,59-57+. The first-order valence-corrected chi connectivity index (χ1v) is 38.2. The Morgan fingerprint density at radius 3 is 1.09 bits per heavy atom. The van der Waals surface area contributed by atoms with Crippen molar-refractivity contribution in [2.24, 2.45) is 0 Å². The molecule has 0 aromatic heterocycles. The van der Waals surface area contributed by atoms with Crippen LogP contribution in [0.3, 0.4) is 0 Å². The molecule has 0 aliphatic carbocycles. The fraction of sp³-hybridized carbons (Fsp3) is 0.908. The van der Waals surface area contributed by atoms with Gasteiger partial charge >= 0.3 is 0 Å². The van der Waals surface area contributed by atoms with Crippen molar-refractivity contribution in [1.29, 1.82) is 0 Å². The number of allylic oxidation sites excluding steroid dienone is 5. The van der Waals surface area contributed by atoms with Crippen LogP contribution in [0.5, 0.6) is 0 Å². The number of amides is 1. The third-order valence-electron chi connectivity index (χ3n) is 18.8. The molecule has 9 N–H and O–H groups in total. The molecule has 0 spiro atoms. The van der Waals surface area contributed by atoms with Crippen molar-refractivity contribution >= 4 is 5.91 Å². The molecule has 0 bridgehead atoms. The minimum absolute atomic E-state index is 0.245. The average molecular weight is 1280 g/mol. The van der Waals surface area contributed by atoms with E-state index in [1.807, 2.05) is 6.08 Å². The van der Waals surface area contributed by atoms with E-state index in [1.165, 1.54) is 283 Å². The molecule has 2 rings (SSSR count). The van der Waals surface area contributed by atoms with Gasteiger partial charge in [0.25, 0.3) is 0 Å². The van der Waals surface area contributed by atoms with E-state index in [9.17, 15) is 45.6 Å². The Morgan fingerprint density at radius 1 is 0.389 bits per heavy atom. The summed E-state index contributed by atoms with van der Waals surface area (Å²) in [6.45, 7) is 2.84. The van der Waals surface area contributed by atoms with Crippen molar-refractivity contribution < 1.29 is 64.6 Å². The van der Waals surface area contributed by atoms with Gasteiger partial charge in [0.1, 0.15) is 48.8 Å². The molecule has 2 heterocycles. The highest BCUT2D eigenvalue weighted by molar-refractivity contribution is 5.76. The van der Waals surface area contributed by atoms with E-state index < -0.39 is 86.8 Å². The Hall–Kier alpha value is -1.79. The Balaban J connectivity index is 1.65. The van der Waals surface area contributed by atoms with Gasteiger partial charge in [0, 0.05) is 6.42 Å². The van der Waals surface area contributed by atoms with Crippen LogP contribution >= 0.6 is 0 Å². The second-order valence-electron chi connectivity index (χ2n) is 27.1. The van der Waals surface area contributed by atoms with Crippen molar-refractivity contribution in [3.63, 3.8) is 0 Å². The molecule has 2 fully saturated rings. The lowest BCUT2D eigenvalue weighted by Crippen LogP contribution is -2.65. The molecule has 2 saturated heterocycles. The van der Waals surface area contributed by atoms with Crippen molar-refractivity contribution in [2.75, 3.05) is 19.8 Å². The third-order valence-corrected chi connectivity index (χ3v) is 18.8. The second-order valence-corrected chi connectivity index (χ2v) is 27.1. The number of ether oxygens (including phenoxy) is 4. The van der Waals surface area contributed by atoms with Crippen LogP contribution < -0.4 is 5.32 Å². The Labute approximate surface area is 551 Å². The topological polar surface area (TPSA) is 228 Å². The van der Waals surface area contributed by atoms with Crippen LogP contribution in [0.2, 0.25) is 0 Å². The zero-order valence-electron chi connectivity index (χ0n) is 57.9. The molecule has 0 saturated carbocycles. The van der Waals surface area contributed by atoms with Gasteiger partial charge in [-0.05, 0) is 57.8 Å². The summed E-state index contributed by atoms with van der Waals surface area (Å²) in [6, 6.07) is -0.933. The van der Waals surface area contributed by atoms with E-state index in [0.717, 1.165) is 32.1 Å². The number of aliphatic hydroxyl groups is 8. The van der Waals surface area contributed by atoms with Gasteiger partial charge in [-0.2, -0.15) is 0 Å². The molecule has 2 aliphatic heterocycles. The highest BCUT2D eigenvalue weighted by Gasteiger charge is 2.51. The van der Waals surface area contributed by atoms with Gasteiger partial charge < -0.3 is 65.1 Å². The largest absolute Gasteiger partial charge is 0.394 e. The lowest BCUT2D eigenvalue weighted by molar-refractivity contribution is -0.359. The zero-order valence-corrected chi connectivity index (χ0v) is 57.9. The Bertz CT molecular complexity index is 1650. The van der Waals surface area contributed by atoms with E-state index >= 15 is 0 Å². The van der Waals surface area contributed by atoms with Crippen LogP contribution in [0, 0.1) is 0 Å². The summed E-state index contributed by atoms with van der Waals surface area (Å²) < 4.78 is 22.9. The number of hydrogen-bond acceptors (Lipinski definition) is 13.